The number of aromatic nitrogens is 3. The van der Waals surface area contributed by atoms with E-state index in [9.17, 15) is 0 Å². The van der Waals surface area contributed by atoms with Crippen LogP contribution in [-0.2, 0) is 0 Å². The molecule has 0 fully saturated rings. The highest BCUT2D eigenvalue weighted by atomic mass is 35.5. The van der Waals surface area contributed by atoms with Gasteiger partial charge in [0, 0.05) is 24.0 Å². The minimum Gasteiger partial charge on any atom is -0.264 e. The first kappa shape index (κ1) is 10.1. The Labute approximate surface area is 93.2 Å². The molecule has 0 N–H and O–H groups in total. The molecule has 0 spiro atoms. The largest absolute Gasteiger partial charge is 0.264 e. The van der Waals surface area contributed by atoms with Crippen molar-refractivity contribution in [1.29, 1.82) is 0 Å². The van der Waals surface area contributed by atoms with Gasteiger partial charge in [0.15, 0.2) is 0 Å². The van der Waals surface area contributed by atoms with E-state index in [1.54, 1.807) is 18.5 Å². The van der Waals surface area contributed by atoms with Crippen LogP contribution in [0.3, 0.4) is 0 Å². The molecule has 0 unspecified atom stereocenters. The molecule has 0 saturated carbocycles. The second-order valence-corrected chi connectivity index (χ2v) is 3.76. The van der Waals surface area contributed by atoms with Crippen LogP contribution in [0.15, 0.2) is 24.5 Å². The highest BCUT2D eigenvalue weighted by molar-refractivity contribution is 6.29. The first-order valence-electron chi connectivity index (χ1n) is 4.58. The molecule has 0 saturated heterocycles. The molecule has 2 aromatic rings. The van der Waals surface area contributed by atoms with E-state index < -0.39 is 0 Å². The zero-order valence-corrected chi connectivity index (χ0v) is 9.28. The van der Waals surface area contributed by atoms with Crippen LogP contribution in [0.4, 0.5) is 0 Å². The maximum Gasteiger partial charge on any atom is 0.133 e. The topological polar surface area (TPSA) is 38.7 Å². The van der Waals surface area contributed by atoms with Crippen molar-refractivity contribution in [3.05, 3.63) is 41.1 Å². The zero-order chi connectivity index (χ0) is 10.8. The van der Waals surface area contributed by atoms with E-state index in [0.29, 0.717) is 11.0 Å². The number of nitrogens with zero attached hydrogens (tertiary/aromatic N) is 3. The lowest BCUT2D eigenvalue weighted by Gasteiger charge is -2.02. The van der Waals surface area contributed by atoms with Gasteiger partial charge in [-0.2, -0.15) is 0 Å². The van der Waals surface area contributed by atoms with Crippen LogP contribution in [0, 0.1) is 13.8 Å². The number of rotatable bonds is 1. The third-order valence-electron chi connectivity index (χ3n) is 1.98. The number of hydrogen-bond acceptors (Lipinski definition) is 3. The van der Waals surface area contributed by atoms with Crippen LogP contribution in [0.5, 0.6) is 0 Å². The number of halogens is 1. The highest BCUT2D eigenvalue weighted by Crippen LogP contribution is 2.19. The Hall–Kier alpha value is -1.48. The van der Waals surface area contributed by atoms with Gasteiger partial charge in [0.05, 0.1) is 5.69 Å². The van der Waals surface area contributed by atoms with Gasteiger partial charge < -0.3 is 0 Å². The first-order chi connectivity index (χ1) is 7.15. The lowest BCUT2D eigenvalue weighted by molar-refractivity contribution is 1.06. The smallest absolute Gasteiger partial charge is 0.133 e. The molecule has 0 radical (unpaired) electrons. The molecule has 3 nitrogen and oxygen atoms in total. The van der Waals surface area contributed by atoms with Crippen molar-refractivity contribution in [2.45, 2.75) is 13.8 Å². The van der Waals surface area contributed by atoms with Crippen molar-refractivity contribution in [3.63, 3.8) is 0 Å². The fraction of sp³-hybridized carbons (Fsp3) is 0.182. The minimum atomic E-state index is 0.457. The van der Waals surface area contributed by atoms with Gasteiger partial charge in [-0.25, -0.2) is 9.97 Å². The summed E-state index contributed by atoms with van der Waals surface area (Å²) < 4.78 is 0. The lowest BCUT2D eigenvalue weighted by Crippen LogP contribution is -1.92. The van der Waals surface area contributed by atoms with Gasteiger partial charge in [-0.1, -0.05) is 11.6 Å². The third kappa shape index (κ3) is 2.30. The molecule has 2 rings (SSSR count). The molecule has 2 aromatic heterocycles. The normalized spacial score (nSPS) is 10.3. The molecule has 0 aromatic carbocycles. The summed E-state index contributed by atoms with van der Waals surface area (Å²) in [6.07, 6.45) is 3.57. The van der Waals surface area contributed by atoms with Crippen molar-refractivity contribution in [2.24, 2.45) is 0 Å². The second kappa shape index (κ2) is 3.95. The van der Waals surface area contributed by atoms with Crippen molar-refractivity contribution in [2.75, 3.05) is 0 Å². The molecule has 0 amide bonds. The Morgan fingerprint density at radius 1 is 1.07 bits per heavy atom. The van der Waals surface area contributed by atoms with E-state index in [1.807, 2.05) is 19.9 Å². The fourth-order valence-corrected chi connectivity index (χ4v) is 1.60. The fourth-order valence-electron chi connectivity index (χ4n) is 1.37. The SMILES string of the molecule is Cc1cncc(-c2cc(Cl)nc(C)n2)c1. The molecule has 0 aliphatic carbocycles. The van der Waals surface area contributed by atoms with E-state index in [1.165, 1.54) is 0 Å². The predicted molar refractivity (Wildman–Crippen MR) is 59.7 cm³/mol. The van der Waals surface area contributed by atoms with Crippen LogP contribution in [-0.4, -0.2) is 15.0 Å². The summed E-state index contributed by atoms with van der Waals surface area (Å²) in [7, 11) is 0. The first-order valence-corrected chi connectivity index (χ1v) is 4.96. The van der Waals surface area contributed by atoms with Crippen molar-refractivity contribution in [1.82, 2.24) is 15.0 Å². The number of aryl methyl sites for hydroxylation is 2. The molecule has 0 aliphatic rings. The van der Waals surface area contributed by atoms with Gasteiger partial charge in [-0.15, -0.1) is 0 Å². The van der Waals surface area contributed by atoms with E-state index in [4.69, 9.17) is 11.6 Å². The summed E-state index contributed by atoms with van der Waals surface area (Å²) in [6.45, 7) is 3.81. The summed E-state index contributed by atoms with van der Waals surface area (Å²) in [5, 5.41) is 0.457. The molecule has 4 heteroatoms. The summed E-state index contributed by atoms with van der Waals surface area (Å²) in [6, 6.07) is 3.76. The standard InChI is InChI=1S/C11H10ClN3/c1-7-3-9(6-13-5-7)10-4-11(12)15-8(2)14-10/h3-6H,1-2H3. The van der Waals surface area contributed by atoms with Gasteiger partial charge >= 0.3 is 0 Å². The average Bonchev–Trinajstić information content (AvgIpc) is 2.16. The van der Waals surface area contributed by atoms with Crippen LogP contribution < -0.4 is 0 Å². The summed E-state index contributed by atoms with van der Waals surface area (Å²) in [4.78, 5) is 12.4. The number of pyridine rings is 1. The molecule has 76 valence electrons. The van der Waals surface area contributed by atoms with E-state index >= 15 is 0 Å². The van der Waals surface area contributed by atoms with E-state index in [0.717, 1.165) is 16.8 Å². The summed E-state index contributed by atoms with van der Waals surface area (Å²) >= 11 is 5.87. The zero-order valence-electron chi connectivity index (χ0n) is 8.53. The van der Waals surface area contributed by atoms with Gasteiger partial charge in [0.1, 0.15) is 11.0 Å². The Morgan fingerprint density at radius 3 is 2.53 bits per heavy atom. The van der Waals surface area contributed by atoms with Crippen molar-refractivity contribution in [3.8, 4) is 11.3 Å². The predicted octanol–water partition coefficient (Wildman–Crippen LogP) is 2.81. The summed E-state index contributed by atoms with van der Waals surface area (Å²) in [5.74, 6) is 0.666. The Morgan fingerprint density at radius 2 is 1.87 bits per heavy atom. The Bertz CT molecular complexity index is 477. The second-order valence-electron chi connectivity index (χ2n) is 3.37. The van der Waals surface area contributed by atoms with Crippen LogP contribution in [0.25, 0.3) is 11.3 Å². The van der Waals surface area contributed by atoms with Crippen LogP contribution in [0.1, 0.15) is 11.4 Å². The van der Waals surface area contributed by atoms with Crippen molar-refractivity contribution < 1.29 is 0 Å². The third-order valence-corrected chi connectivity index (χ3v) is 2.17. The maximum absolute atomic E-state index is 5.87. The molecule has 0 aliphatic heterocycles. The molecule has 15 heavy (non-hydrogen) atoms. The van der Waals surface area contributed by atoms with Crippen molar-refractivity contribution >= 4 is 11.6 Å². The molecule has 0 bridgehead atoms. The average molecular weight is 220 g/mol. The maximum atomic E-state index is 5.87. The monoisotopic (exact) mass is 219 g/mol. The summed E-state index contributed by atoms with van der Waals surface area (Å²) in [5.41, 5.74) is 2.87. The highest BCUT2D eigenvalue weighted by Gasteiger charge is 2.03. The molecular formula is C11H10ClN3. The molecule has 0 atom stereocenters. The Balaban J connectivity index is 2.54. The van der Waals surface area contributed by atoms with Crippen LogP contribution >= 0.6 is 11.6 Å². The minimum absolute atomic E-state index is 0.457. The van der Waals surface area contributed by atoms with Gasteiger partial charge in [0.25, 0.3) is 0 Å². The van der Waals surface area contributed by atoms with Gasteiger partial charge in [-0.05, 0) is 25.5 Å². The quantitative estimate of drug-likeness (QED) is 0.693. The molecule has 2 heterocycles. The van der Waals surface area contributed by atoms with E-state index in [2.05, 4.69) is 15.0 Å². The van der Waals surface area contributed by atoms with Gasteiger partial charge in [0.2, 0.25) is 0 Å². The van der Waals surface area contributed by atoms with Gasteiger partial charge in [-0.3, -0.25) is 4.98 Å². The van der Waals surface area contributed by atoms with Crippen LogP contribution in [0.2, 0.25) is 5.15 Å². The Kier molecular flexibility index (Phi) is 2.64. The molecular weight excluding hydrogens is 210 g/mol. The number of hydrogen-bond donors (Lipinski definition) is 0. The van der Waals surface area contributed by atoms with E-state index in [-0.39, 0.29) is 0 Å². The lowest BCUT2D eigenvalue weighted by atomic mass is 10.1.